The second kappa shape index (κ2) is 8.00. The molecule has 1 aliphatic heterocycles. The summed E-state index contributed by atoms with van der Waals surface area (Å²) in [6, 6.07) is 16.7. The van der Waals surface area contributed by atoms with Gasteiger partial charge in [-0.15, -0.1) is 0 Å². The van der Waals surface area contributed by atoms with E-state index in [0.29, 0.717) is 17.0 Å². The van der Waals surface area contributed by atoms with Crippen LogP contribution in [-0.2, 0) is 9.59 Å². The van der Waals surface area contributed by atoms with Crippen LogP contribution in [0.1, 0.15) is 21.7 Å². The zero-order valence-corrected chi connectivity index (χ0v) is 17.1. The Labute approximate surface area is 182 Å². The highest BCUT2D eigenvalue weighted by Gasteiger charge is 2.34. The van der Waals surface area contributed by atoms with E-state index in [2.05, 4.69) is 5.32 Å². The van der Waals surface area contributed by atoms with Gasteiger partial charge in [-0.05, 0) is 61.6 Å². The zero-order valence-electron chi connectivity index (χ0n) is 16.3. The van der Waals surface area contributed by atoms with E-state index < -0.39 is 17.8 Å². The molecule has 1 fully saturated rings. The van der Waals surface area contributed by atoms with Crippen molar-refractivity contribution in [2.75, 3.05) is 4.90 Å². The maximum atomic E-state index is 13.0. The van der Waals surface area contributed by atoms with Crippen molar-refractivity contribution in [2.24, 2.45) is 0 Å². The van der Waals surface area contributed by atoms with Crippen molar-refractivity contribution in [2.45, 2.75) is 6.92 Å². The van der Waals surface area contributed by atoms with Crippen LogP contribution in [0.2, 0.25) is 0 Å². The third kappa shape index (κ3) is 4.01. The number of amides is 2. The molecule has 2 amide bonds. The third-order valence-electron chi connectivity index (χ3n) is 4.70. The molecule has 1 aliphatic rings. The van der Waals surface area contributed by atoms with Gasteiger partial charge in [0.2, 0.25) is 0 Å². The highest BCUT2D eigenvalue weighted by atomic mass is 32.1. The first-order valence-corrected chi connectivity index (χ1v) is 9.66. The van der Waals surface area contributed by atoms with Crippen LogP contribution in [0.4, 0.5) is 5.69 Å². The van der Waals surface area contributed by atoms with Gasteiger partial charge in [0.1, 0.15) is 17.1 Å². The van der Waals surface area contributed by atoms with E-state index in [9.17, 15) is 14.4 Å². The van der Waals surface area contributed by atoms with Crippen LogP contribution in [0, 0.1) is 6.92 Å². The molecule has 0 radical (unpaired) electrons. The van der Waals surface area contributed by atoms with Gasteiger partial charge in [-0.3, -0.25) is 19.8 Å². The molecule has 2 aromatic carbocycles. The van der Waals surface area contributed by atoms with Gasteiger partial charge < -0.3 is 9.52 Å². The summed E-state index contributed by atoms with van der Waals surface area (Å²) in [5.74, 6) is -1.56. The largest absolute Gasteiger partial charge is 0.478 e. The van der Waals surface area contributed by atoms with Crippen LogP contribution in [-0.4, -0.2) is 28.0 Å². The number of thiocarbonyl (C=S) groups is 1. The molecule has 154 valence electrons. The van der Waals surface area contributed by atoms with Gasteiger partial charge in [0.15, 0.2) is 5.11 Å². The topological polar surface area (TPSA) is 99.8 Å². The van der Waals surface area contributed by atoms with E-state index in [-0.39, 0.29) is 22.0 Å². The second-order valence-corrected chi connectivity index (χ2v) is 7.27. The first-order chi connectivity index (χ1) is 14.8. The summed E-state index contributed by atoms with van der Waals surface area (Å²) in [6.07, 6.45) is 1.34. The predicted molar refractivity (Wildman–Crippen MR) is 118 cm³/mol. The normalized spacial score (nSPS) is 15.3. The molecule has 0 aliphatic carbocycles. The lowest BCUT2D eigenvalue weighted by Gasteiger charge is -2.28. The SMILES string of the molecule is Cc1ccc(N2C(=O)/C(=C/c3ccc(-c4cccc(C(=O)O)c4)o3)C(=O)NC2=S)cc1. The van der Waals surface area contributed by atoms with Crippen molar-refractivity contribution in [3.05, 3.63) is 83.1 Å². The smallest absolute Gasteiger partial charge is 0.335 e. The monoisotopic (exact) mass is 432 g/mol. The highest BCUT2D eigenvalue weighted by Crippen LogP contribution is 2.26. The molecular weight excluding hydrogens is 416 g/mol. The number of hydrogen-bond donors (Lipinski definition) is 2. The first-order valence-electron chi connectivity index (χ1n) is 9.25. The molecule has 3 aromatic rings. The number of hydrogen-bond acceptors (Lipinski definition) is 5. The number of carbonyl (C=O) groups is 3. The van der Waals surface area contributed by atoms with Crippen LogP contribution >= 0.6 is 12.2 Å². The van der Waals surface area contributed by atoms with E-state index in [1.54, 1.807) is 36.4 Å². The Morgan fingerprint density at radius 2 is 1.84 bits per heavy atom. The van der Waals surface area contributed by atoms with Gasteiger partial charge >= 0.3 is 5.97 Å². The number of furan rings is 1. The van der Waals surface area contributed by atoms with Crippen LogP contribution in [0.5, 0.6) is 0 Å². The van der Waals surface area contributed by atoms with Crippen molar-refractivity contribution < 1.29 is 23.9 Å². The second-order valence-electron chi connectivity index (χ2n) is 6.88. The highest BCUT2D eigenvalue weighted by molar-refractivity contribution is 7.80. The number of carbonyl (C=O) groups excluding carboxylic acids is 2. The molecule has 1 aromatic heterocycles. The number of nitrogens with zero attached hydrogens (tertiary/aromatic N) is 1. The number of carboxylic acid groups (broad SMARTS) is 1. The molecular formula is C23H16N2O5S. The summed E-state index contributed by atoms with van der Waals surface area (Å²) in [5.41, 5.74) is 2.12. The minimum atomic E-state index is -1.05. The van der Waals surface area contributed by atoms with Crippen LogP contribution in [0.25, 0.3) is 17.4 Å². The fraction of sp³-hybridized carbons (Fsp3) is 0.0435. The van der Waals surface area contributed by atoms with Crippen molar-refractivity contribution in [3.8, 4) is 11.3 Å². The minimum Gasteiger partial charge on any atom is -0.478 e. The van der Waals surface area contributed by atoms with Crippen molar-refractivity contribution in [1.29, 1.82) is 0 Å². The van der Waals surface area contributed by atoms with Gasteiger partial charge in [-0.25, -0.2) is 4.79 Å². The zero-order chi connectivity index (χ0) is 22.1. The van der Waals surface area contributed by atoms with Crippen molar-refractivity contribution in [1.82, 2.24) is 5.32 Å². The standard InChI is InChI=1S/C23H16N2O5S/c1-13-5-7-16(8-6-13)25-21(27)18(20(26)24-23(25)31)12-17-9-10-19(30-17)14-3-2-4-15(11-14)22(28)29/h2-12H,1H3,(H,28,29)(H,24,26,31)/b18-12+. The van der Waals surface area contributed by atoms with E-state index in [1.807, 2.05) is 19.1 Å². The fourth-order valence-electron chi connectivity index (χ4n) is 3.12. The minimum absolute atomic E-state index is 0.00150. The van der Waals surface area contributed by atoms with Crippen LogP contribution < -0.4 is 10.2 Å². The molecule has 31 heavy (non-hydrogen) atoms. The van der Waals surface area contributed by atoms with Gasteiger partial charge in [-0.1, -0.05) is 29.8 Å². The fourth-order valence-corrected chi connectivity index (χ4v) is 3.40. The Hall–Kier alpha value is -4.04. The lowest BCUT2D eigenvalue weighted by molar-refractivity contribution is -0.122. The maximum Gasteiger partial charge on any atom is 0.335 e. The van der Waals surface area contributed by atoms with Gasteiger partial charge in [0.05, 0.1) is 11.3 Å². The molecule has 0 spiro atoms. The maximum absolute atomic E-state index is 13.0. The number of carboxylic acids is 1. The van der Waals surface area contributed by atoms with Gasteiger partial charge in [0, 0.05) is 5.56 Å². The number of nitrogens with one attached hydrogen (secondary N) is 1. The third-order valence-corrected chi connectivity index (χ3v) is 4.99. The molecule has 2 N–H and O–H groups in total. The lowest BCUT2D eigenvalue weighted by Crippen LogP contribution is -2.54. The number of aryl methyl sites for hydroxylation is 1. The Balaban J connectivity index is 1.66. The molecule has 2 heterocycles. The van der Waals surface area contributed by atoms with E-state index in [0.717, 1.165) is 5.56 Å². The lowest BCUT2D eigenvalue weighted by atomic mass is 10.1. The summed E-state index contributed by atoms with van der Waals surface area (Å²) in [5, 5.41) is 11.7. The van der Waals surface area contributed by atoms with Crippen LogP contribution in [0.3, 0.4) is 0 Å². The first kappa shape index (κ1) is 20.2. The quantitative estimate of drug-likeness (QED) is 0.370. The molecule has 7 nitrogen and oxygen atoms in total. The predicted octanol–water partition coefficient (Wildman–Crippen LogP) is 3.78. The average Bonchev–Trinajstić information content (AvgIpc) is 3.21. The molecule has 0 unspecified atom stereocenters. The van der Waals surface area contributed by atoms with Crippen molar-refractivity contribution >= 4 is 46.9 Å². The number of aromatic carboxylic acids is 1. The Morgan fingerprint density at radius 1 is 1.10 bits per heavy atom. The summed E-state index contributed by atoms with van der Waals surface area (Å²) in [6.45, 7) is 1.92. The van der Waals surface area contributed by atoms with Gasteiger partial charge in [0.25, 0.3) is 11.8 Å². The van der Waals surface area contributed by atoms with Crippen molar-refractivity contribution in [3.63, 3.8) is 0 Å². The van der Waals surface area contributed by atoms with E-state index in [1.165, 1.54) is 23.1 Å². The Bertz CT molecular complexity index is 1260. The van der Waals surface area contributed by atoms with Crippen LogP contribution in [0.15, 0.2) is 70.7 Å². The molecule has 8 heteroatoms. The molecule has 1 saturated heterocycles. The van der Waals surface area contributed by atoms with E-state index >= 15 is 0 Å². The molecule has 0 atom stereocenters. The molecule has 4 rings (SSSR count). The number of anilines is 1. The number of benzene rings is 2. The molecule has 0 saturated carbocycles. The Morgan fingerprint density at radius 3 is 2.55 bits per heavy atom. The number of rotatable bonds is 4. The summed E-state index contributed by atoms with van der Waals surface area (Å²) < 4.78 is 5.73. The summed E-state index contributed by atoms with van der Waals surface area (Å²) >= 11 is 5.19. The Kier molecular flexibility index (Phi) is 5.22. The average molecular weight is 432 g/mol. The summed E-state index contributed by atoms with van der Waals surface area (Å²) in [4.78, 5) is 37.9. The van der Waals surface area contributed by atoms with Gasteiger partial charge in [-0.2, -0.15) is 0 Å². The molecule has 0 bridgehead atoms. The van der Waals surface area contributed by atoms with E-state index in [4.69, 9.17) is 21.7 Å². The summed E-state index contributed by atoms with van der Waals surface area (Å²) in [7, 11) is 0.